The molecule has 7 nitrogen and oxygen atoms in total. The second-order valence-electron chi connectivity index (χ2n) is 10.5. The topological polar surface area (TPSA) is 95.6 Å². The van der Waals surface area contributed by atoms with E-state index in [-0.39, 0.29) is 23.2 Å². The lowest BCUT2D eigenvalue weighted by Gasteiger charge is -2.33. The average molecular weight is 487 g/mol. The van der Waals surface area contributed by atoms with Gasteiger partial charge in [0.25, 0.3) is 5.91 Å². The van der Waals surface area contributed by atoms with E-state index in [1.807, 2.05) is 54.6 Å². The average Bonchev–Trinajstić information content (AvgIpc) is 2.82. The third-order valence-electron chi connectivity index (χ3n) is 5.42. The highest BCUT2D eigenvalue weighted by Gasteiger charge is 2.27. The van der Waals surface area contributed by atoms with Crippen molar-refractivity contribution < 1.29 is 14.6 Å². The van der Waals surface area contributed by atoms with Crippen molar-refractivity contribution in [1.82, 2.24) is 5.43 Å². The van der Waals surface area contributed by atoms with E-state index in [1.54, 1.807) is 12.1 Å². The molecule has 0 fully saturated rings. The summed E-state index contributed by atoms with van der Waals surface area (Å²) in [7, 11) is 0. The van der Waals surface area contributed by atoms with Crippen LogP contribution in [0, 0.1) is 5.41 Å². The van der Waals surface area contributed by atoms with Gasteiger partial charge in [-0.15, -0.1) is 0 Å². The lowest BCUT2D eigenvalue weighted by atomic mass is 9.72. The number of nitrogens with zero attached hydrogens (tertiary/aromatic N) is 3. The number of amides is 1. The molecule has 0 aliphatic heterocycles. The Morgan fingerprint density at radius 3 is 2.25 bits per heavy atom. The van der Waals surface area contributed by atoms with Crippen LogP contribution in [0.3, 0.4) is 0 Å². The van der Waals surface area contributed by atoms with Crippen molar-refractivity contribution in [2.45, 2.75) is 46.5 Å². The Morgan fingerprint density at radius 2 is 1.58 bits per heavy atom. The number of phenolic OH excluding ortho intramolecular Hbond substituents is 1. The Hall–Kier alpha value is -4.00. The minimum absolute atomic E-state index is 0.0115. The van der Waals surface area contributed by atoms with Gasteiger partial charge in [0.15, 0.2) is 6.61 Å². The second kappa shape index (κ2) is 11.6. The van der Waals surface area contributed by atoms with E-state index in [1.165, 1.54) is 17.8 Å². The van der Waals surface area contributed by atoms with Crippen molar-refractivity contribution in [3.63, 3.8) is 0 Å². The molecule has 3 rings (SSSR count). The molecule has 188 valence electrons. The van der Waals surface area contributed by atoms with Gasteiger partial charge in [-0.25, -0.2) is 5.43 Å². The molecule has 3 aromatic rings. The Balaban J connectivity index is 1.52. The smallest absolute Gasteiger partial charge is 0.277 e. The second-order valence-corrected chi connectivity index (χ2v) is 10.5. The van der Waals surface area contributed by atoms with E-state index in [9.17, 15) is 9.90 Å². The number of hydrazone groups is 1. The number of carbonyl (C=O) groups is 1. The number of carbonyl (C=O) groups excluding carboxylic acids is 1. The van der Waals surface area contributed by atoms with E-state index in [0.717, 1.165) is 12.1 Å². The van der Waals surface area contributed by atoms with Gasteiger partial charge in [-0.05, 0) is 65.3 Å². The minimum atomic E-state index is -0.414. The highest BCUT2D eigenvalue weighted by Crippen LogP contribution is 2.36. The van der Waals surface area contributed by atoms with Crippen molar-refractivity contribution in [2.75, 3.05) is 6.61 Å². The minimum Gasteiger partial charge on any atom is -0.507 e. The molecule has 36 heavy (non-hydrogen) atoms. The van der Waals surface area contributed by atoms with Crippen molar-refractivity contribution >= 4 is 23.5 Å². The lowest BCUT2D eigenvalue weighted by Crippen LogP contribution is -2.25. The molecule has 0 saturated heterocycles. The summed E-state index contributed by atoms with van der Waals surface area (Å²) in [5, 5.41) is 22.3. The summed E-state index contributed by atoms with van der Waals surface area (Å²) in [4.78, 5) is 12.2. The van der Waals surface area contributed by atoms with Crippen LogP contribution in [0.4, 0.5) is 11.4 Å². The van der Waals surface area contributed by atoms with Gasteiger partial charge in [0.1, 0.15) is 11.5 Å². The Labute approximate surface area is 212 Å². The van der Waals surface area contributed by atoms with Gasteiger partial charge >= 0.3 is 0 Å². The van der Waals surface area contributed by atoms with Gasteiger partial charge < -0.3 is 9.84 Å². The maximum absolute atomic E-state index is 12.2. The number of aromatic hydroxyl groups is 1. The zero-order valence-corrected chi connectivity index (χ0v) is 21.5. The molecular weight excluding hydrogens is 452 g/mol. The maximum atomic E-state index is 12.2. The van der Waals surface area contributed by atoms with E-state index >= 15 is 0 Å². The number of hydrogen-bond acceptors (Lipinski definition) is 6. The van der Waals surface area contributed by atoms with Crippen molar-refractivity contribution in [1.29, 1.82) is 0 Å². The number of rotatable bonds is 9. The maximum Gasteiger partial charge on any atom is 0.277 e. The quantitative estimate of drug-likeness (QED) is 0.193. The summed E-state index contributed by atoms with van der Waals surface area (Å²) in [6.07, 6.45) is 2.40. The molecule has 0 atom stereocenters. The molecule has 1 amide bonds. The molecule has 0 spiro atoms. The summed E-state index contributed by atoms with van der Waals surface area (Å²) in [5.41, 5.74) is 5.55. The van der Waals surface area contributed by atoms with Crippen LogP contribution in [0.1, 0.15) is 52.2 Å². The molecule has 0 aromatic heterocycles. The molecule has 2 N–H and O–H groups in total. The summed E-state index contributed by atoms with van der Waals surface area (Å²) in [6, 6.07) is 21.9. The third kappa shape index (κ3) is 8.34. The summed E-state index contributed by atoms with van der Waals surface area (Å²) in [5.74, 6) is 0.207. The van der Waals surface area contributed by atoms with E-state index in [4.69, 9.17) is 4.74 Å². The monoisotopic (exact) mass is 486 g/mol. The van der Waals surface area contributed by atoms with Crippen molar-refractivity contribution in [3.05, 3.63) is 83.9 Å². The fourth-order valence-corrected chi connectivity index (χ4v) is 4.10. The highest BCUT2D eigenvalue weighted by atomic mass is 16.5. The molecule has 7 heteroatoms. The van der Waals surface area contributed by atoms with E-state index < -0.39 is 5.91 Å². The van der Waals surface area contributed by atoms with Crippen LogP contribution in [-0.4, -0.2) is 23.8 Å². The molecular formula is C29H34N4O3. The SMILES string of the molecule is CC(C)(C)CC(C)(C)c1ccc(OCC(=O)N/N=C/c2cc(N=Nc3ccccc3)ccc2O)cc1. The summed E-state index contributed by atoms with van der Waals surface area (Å²) < 4.78 is 5.59. The number of ether oxygens (including phenoxy) is 1. The van der Waals surface area contributed by atoms with Crippen LogP contribution < -0.4 is 10.2 Å². The van der Waals surface area contributed by atoms with Crippen molar-refractivity contribution in [2.24, 2.45) is 20.7 Å². The number of azo groups is 1. The number of hydrogen-bond donors (Lipinski definition) is 2. The number of phenols is 1. The first-order chi connectivity index (χ1) is 17.0. The van der Waals surface area contributed by atoms with Crippen LogP contribution >= 0.6 is 0 Å². The molecule has 0 unspecified atom stereocenters. The molecule has 3 aromatic carbocycles. The first-order valence-corrected chi connectivity index (χ1v) is 11.9. The first-order valence-electron chi connectivity index (χ1n) is 11.9. The van der Waals surface area contributed by atoms with Gasteiger partial charge in [0.2, 0.25) is 0 Å². The van der Waals surface area contributed by atoms with Gasteiger partial charge in [-0.1, -0.05) is 65.0 Å². The van der Waals surface area contributed by atoms with Crippen LogP contribution in [0.15, 0.2) is 88.1 Å². The predicted molar refractivity (Wildman–Crippen MR) is 143 cm³/mol. The molecule has 0 heterocycles. The molecule has 0 bridgehead atoms. The fraction of sp³-hybridized carbons (Fsp3) is 0.310. The number of nitrogens with one attached hydrogen (secondary N) is 1. The molecule has 0 aliphatic rings. The predicted octanol–water partition coefficient (Wildman–Crippen LogP) is 7.05. The largest absolute Gasteiger partial charge is 0.507 e. The third-order valence-corrected chi connectivity index (χ3v) is 5.42. The zero-order valence-electron chi connectivity index (χ0n) is 21.5. The number of benzene rings is 3. The molecule has 0 aliphatic carbocycles. The van der Waals surface area contributed by atoms with Crippen LogP contribution in [0.2, 0.25) is 0 Å². The normalized spacial score (nSPS) is 12.2. The Morgan fingerprint density at radius 1 is 0.917 bits per heavy atom. The Bertz CT molecular complexity index is 1210. The molecule has 0 radical (unpaired) electrons. The van der Waals surface area contributed by atoms with Gasteiger partial charge in [0.05, 0.1) is 17.6 Å². The highest BCUT2D eigenvalue weighted by molar-refractivity contribution is 5.86. The van der Waals surface area contributed by atoms with Crippen molar-refractivity contribution in [3.8, 4) is 11.5 Å². The summed E-state index contributed by atoms with van der Waals surface area (Å²) in [6.45, 7) is 11.0. The van der Waals surface area contributed by atoms with Gasteiger partial charge in [0, 0.05) is 5.56 Å². The zero-order chi connectivity index (χ0) is 26.2. The van der Waals surface area contributed by atoms with Gasteiger partial charge in [-0.2, -0.15) is 15.3 Å². The standard InChI is InChI=1S/C29H34N4O3/c1-28(2,3)20-29(4,5)22-11-14-25(15-12-22)36-19-27(35)33-30-18-21-17-24(13-16-26(21)34)32-31-23-9-7-6-8-10-23/h6-18,34H,19-20H2,1-5H3,(H,33,35)/b30-18+,32-31?. The first kappa shape index (κ1) is 26.6. The van der Waals surface area contributed by atoms with Crippen LogP contribution in [-0.2, 0) is 10.2 Å². The van der Waals surface area contributed by atoms with E-state index in [2.05, 4.69) is 55.4 Å². The van der Waals surface area contributed by atoms with E-state index in [0.29, 0.717) is 17.0 Å². The van der Waals surface area contributed by atoms with Crippen LogP contribution in [0.5, 0.6) is 11.5 Å². The Kier molecular flexibility index (Phi) is 8.59. The summed E-state index contributed by atoms with van der Waals surface area (Å²) >= 11 is 0. The van der Waals surface area contributed by atoms with Gasteiger partial charge in [-0.3, -0.25) is 4.79 Å². The lowest BCUT2D eigenvalue weighted by molar-refractivity contribution is -0.123. The fourth-order valence-electron chi connectivity index (χ4n) is 4.10. The van der Waals surface area contributed by atoms with Crippen LogP contribution in [0.25, 0.3) is 0 Å². The molecule has 0 saturated carbocycles.